The summed E-state index contributed by atoms with van der Waals surface area (Å²) in [4.78, 5) is 36.0. The summed E-state index contributed by atoms with van der Waals surface area (Å²) in [6, 6.07) is 9.41. The summed E-state index contributed by atoms with van der Waals surface area (Å²) >= 11 is 0. The number of hydrogen-bond donors (Lipinski definition) is 1. The molecule has 1 N–H and O–H groups in total. The maximum Gasteiger partial charge on any atom is 0.274 e. The van der Waals surface area contributed by atoms with Crippen LogP contribution in [0.5, 0.6) is 0 Å². The van der Waals surface area contributed by atoms with Gasteiger partial charge in [-0.15, -0.1) is 0 Å². The molecule has 27 heavy (non-hydrogen) atoms. The summed E-state index contributed by atoms with van der Waals surface area (Å²) in [5, 5.41) is 2.98. The first kappa shape index (κ1) is 18.8. The number of piperazine rings is 1. The van der Waals surface area contributed by atoms with Crippen LogP contribution in [0.15, 0.2) is 36.5 Å². The summed E-state index contributed by atoms with van der Waals surface area (Å²) in [6.45, 7) is 8.89. The molecule has 1 aliphatic rings. The molecular weight excluding hydrogens is 342 g/mol. The standard InChI is InChI=1S/C20H25N5O2/c1-20(2,3)15-6-4-5-7-16(15)22-18(27)17-8-9-21-19(23-17)25-12-10-24(14-26)11-13-25/h4-9,14H,10-13H2,1-3H3,(H,22,27). The second kappa shape index (κ2) is 7.73. The lowest BCUT2D eigenvalue weighted by molar-refractivity contribution is -0.118. The van der Waals surface area contributed by atoms with E-state index in [-0.39, 0.29) is 11.3 Å². The third kappa shape index (κ3) is 4.42. The number of anilines is 2. The Bertz CT molecular complexity index is 823. The highest BCUT2D eigenvalue weighted by Crippen LogP contribution is 2.29. The van der Waals surface area contributed by atoms with E-state index in [4.69, 9.17) is 0 Å². The predicted octanol–water partition coefficient (Wildman–Crippen LogP) is 2.30. The van der Waals surface area contributed by atoms with E-state index >= 15 is 0 Å². The normalized spacial score (nSPS) is 14.8. The lowest BCUT2D eigenvalue weighted by Gasteiger charge is -2.32. The Hall–Kier alpha value is -2.96. The van der Waals surface area contributed by atoms with Gasteiger partial charge in [0.15, 0.2) is 0 Å². The van der Waals surface area contributed by atoms with Crippen molar-refractivity contribution in [1.82, 2.24) is 14.9 Å². The second-order valence-corrected chi connectivity index (χ2v) is 7.62. The Morgan fingerprint density at radius 2 is 1.81 bits per heavy atom. The van der Waals surface area contributed by atoms with Crippen LogP contribution in [0.4, 0.5) is 11.6 Å². The smallest absolute Gasteiger partial charge is 0.274 e. The molecule has 2 heterocycles. The maximum absolute atomic E-state index is 12.8. The van der Waals surface area contributed by atoms with Gasteiger partial charge in [-0.25, -0.2) is 9.97 Å². The zero-order valence-electron chi connectivity index (χ0n) is 16.0. The van der Waals surface area contributed by atoms with Crippen LogP contribution in [0.3, 0.4) is 0 Å². The number of benzene rings is 1. The molecule has 3 rings (SSSR count). The van der Waals surface area contributed by atoms with E-state index < -0.39 is 0 Å². The van der Waals surface area contributed by atoms with Crippen molar-refractivity contribution in [2.45, 2.75) is 26.2 Å². The third-order valence-corrected chi connectivity index (χ3v) is 4.60. The molecule has 1 fully saturated rings. The number of rotatable bonds is 4. The predicted molar refractivity (Wildman–Crippen MR) is 105 cm³/mol. The van der Waals surface area contributed by atoms with Crippen LogP contribution in [-0.4, -0.2) is 53.4 Å². The molecular formula is C20H25N5O2. The highest BCUT2D eigenvalue weighted by molar-refractivity contribution is 6.03. The third-order valence-electron chi connectivity index (χ3n) is 4.60. The lowest BCUT2D eigenvalue weighted by atomic mass is 9.86. The first-order chi connectivity index (χ1) is 12.9. The van der Waals surface area contributed by atoms with Gasteiger partial charge in [0, 0.05) is 38.1 Å². The van der Waals surface area contributed by atoms with Crippen molar-refractivity contribution in [3.05, 3.63) is 47.8 Å². The van der Waals surface area contributed by atoms with Gasteiger partial charge < -0.3 is 15.1 Å². The Balaban J connectivity index is 1.76. The zero-order valence-corrected chi connectivity index (χ0v) is 16.0. The molecule has 0 atom stereocenters. The number of aromatic nitrogens is 2. The van der Waals surface area contributed by atoms with Gasteiger partial charge in [-0.05, 0) is 23.1 Å². The van der Waals surface area contributed by atoms with Crippen molar-refractivity contribution in [3.63, 3.8) is 0 Å². The van der Waals surface area contributed by atoms with Gasteiger partial charge in [0.05, 0.1) is 0 Å². The fourth-order valence-corrected chi connectivity index (χ4v) is 3.09. The summed E-state index contributed by atoms with van der Waals surface area (Å²) in [5.41, 5.74) is 2.09. The zero-order chi connectivity index (χ0) is 19.4. The molecule has 0 spiro atoms. The van der Waals surface area contributed by atoms with Crippen LogP contribution in [0.25, 0.3) is 0 Å². The number of para-hydroxylation sites is 1. The molecule has 7 heteroatoms. The topological polar surface area (TPSA) is 78.4 Å². The Kier molecular flexibility index (Phi) is 5.39. The summed E-state index contributed by atoms with van der Waals surface area (Å²) < 4.78 is 0. The van der Waals surface area contributed by atoms with Gasteiger partial charge in [0.1, 0.15) is 5.69 Å². The van der Waals surface area contributed by atoms with Crippen LogP contribution < -0.4 is 10.2 Å². The Morgan fingerprint density at radius 1 is 1.11 bits per heavy atom. The van der Waals surface area contributed by atoms with E-state index in [0.717, 1.165) is 17.7 Å². The van der Waals surface area contributed by atoms with Gasteiger partial charge in [-0.1, -0.05) is 39.0 Å². The molecule has 0 saturated carbocycles. The molecule has 0 unspecified atom stereocenters. The summed E-state index contributed by atoms with van der Waals surface area (Å²) in [5.74, 6) is 0.249. The summed E-state index contributed by atoms with van der Waals surface area (Å²) in [7, 11) is 0. The average Bonchev–Trinajstić information content (AvgIpc) is 2.68. The van der Waals surface area contributed by atoms with Crippen LogP contribution >= 0.6 is 0 Å². The van der Waals surface area contributed by atoms with Crippen molar-refractivity contribution in [3.8, 4) is 0 Å². The largest absolute Gasteiger partial charge is 0.342 e. The van der Waals surface area contributed by atoms with Crippen LogP contribution in [0.1, 0.15) is 36.8 Å². The van der Waals surface area contributed by atoms with E-state index in [0.29, 0.717) is 37.8 Å². The van der Waals surface area contributed by atoms with E-state index in [1.165, 1.54) is 0 Å². The molecule has 142 valence electrons. The molecule has 0 aliphatic carbocycles. The van der Waals surface area contributed by atoms with Crippen molar-refractivity contribution < 1.29 is 9.59 Å². The molecule has 2 aromatic rings. The number of carbonyl (C=O) groups is 2. The van der Waals surface area contributed by atoms with E-state index in [9.17, 15) is 9.59 Å². The fraction of sp³-hybridized carbons (Fsp3) is 0.400. The molecule has 0 radical (unpaired) electrons. The van der Waals surface area contributed by atoms with E-state index in [1.807, 2.05) is 29.2 Å². The van der Waals surface area contributed by atoms with Gasteiger partial charge >= 0.3 is 0 Å². The number of nitrogens with zero attached hydrogens (tertiary/aromatic N) is 4. The number of hydrogen-bond acceptors (Lipinski definition) is 5. The van der Waals surface area contributed by atoms with Crippen molar-refractivity contribution in [1.29, 1.82) is 0 Å². The molecule has 1 aliphatic heterocycles. The fourth-order valence-electron chi connectivity index (χ4n) is 3.09. The highest BCUT2D eigenvalue weighted by atomic mass is 16.2. The SMILES string of the molecule is CC(C)(C)c1ccccc1NC(=O)c1ccnc(N2CCN(C=O)CC2)n1. The first-order valence-corrected chi connectivity index (χ1v) is 9.06. The number of nitrogens with one attached hydrogen (secondary N) is 1. The molecule has 7 nitrogen and oxygen atoms in total. The number of carbonyl (C=O) groups excluding carboxylic acids is 2. The van der Waals surface area contributed by atoms with E-state index in [2.05, 4.69) is 36.1 Å². The molecule has 1 aromatic heterocycles. The second-order valence-electron chi connectivity index (χ2n) is 7.62. The van der Waals surface area contributed by atoms with Gasteiger partial charge in [0.25, 0.3) is 5.91 Å². The lowest BCUT2D eigenvalue weighted by Crippen LogP contribution is -2.46. The highest BCUT2D eigenvalue weighted by Gasteiger charge is 2.21. The van der Waals surface area contributed by atoms with E-state index in [1.54, 1.807) is 17.2 Å². The summed E-state index contributed by atoms with van der Waals surface area (Å²) in [6.07, 6.45) is 2.45. The van der Waals surface area contributed by atoms with Crippen molar-refractivity contribution in [2.75, 3.05) is 36.4 Å². The minimum Gasteiger partial charge on any atom is -0.342 e. The Labute approximate surface area is 159 Å². The van der Waals surface area contributed by atoms with Crippen molar-refractivity contribution in [2.24, 2.45) is 0 Å². The minimum absolute atomic E-state index is 0.0844. The van der Waals surface area contributed by atoms with Gasteiger partial charge in [-0.3, -0.25) is 9.59 Å². The van der Waals surface area contributed by atoms with Gasteiger partial charge in [-0.2, -0.15) is 0 Å². The maximum atomic E-state index is 12.8. The molecule has 0 bridgehead atoms. The molecule has 2 amide bonds. The minimum atomic E-state index is -0.262. The number of amides is 2. The first-order valence-electron chi connectivity index (χ1n) is 9.06. The molecule has 1 aromatic carbocycles. The quantitative estimate of drug-likeness (QED) is 0.839. The monoisotopic (exact) mass is 367 g/mol. The average molecular weight is 367 g/mol. The van der Waals surface area contributed by atoms with Gasteiger partial charge in [0.2, 0.25) is 12.4 Å². The molecule has 1 saturated heterocycles. The van der Waals surface area contributed by atoms with Crippen LogP contribution in [0, 0.1) is 0 Å². The van der Waals surface area contributed by atoms with Crippen LogP contribution in [-0.2, 0) is 10.2 Å². The Morgan fingerprint density at radius 3 is 2.48 bits per heavy atom. The van der Waals surface area contributed by atoms with Crippen LogP contribution in [0.2, 0.25) is 0 Å². The van der Waals surface area contributed by atoms with Crippen molar-refractivity contribution >= 4 is 24.0 Å².